The van der Waals surface area contributed by atoms with E-state index in [1.807, 2.05) is 112 Å². The van der Waals surface area contributed by atoms with Crippen molar-refractivity contribution in [3.63, 3.8) is 0 Å². The molecule has 0 aliphatic carbocycles. The van der Waals surface area contributed by atoms with Crippen LogP contribution in [0.2, 0.25) is 0 Å². The zero-order chi connectivity index (χ0) is 39.9. The van der Waals surface area contributed by atoms with Crippen LogP contribution in [0, 0.1) is 0 Å². The van der Waals surface area contributed by atoms with Crippen LogP contribution in [0.4, 0.5) is 9.59 Å². The van der Waals surface area contributed by atoms with Crippen LogP contribution in [0.1, 0.15) is 65.7 Å². The molecule has 0 saturated heterocycles. The number of rotatable bonds is 13. The molecule has 0 aromatic heterocycles. The summed E-state index contributed by atoms with van der Waals surface area (Å²) in [7, 11) is 0. The van der Waals surface area contributed by atoms with Crippen LogP contribution in [-0.4, -0.2) is 76.8 Å². The Morgan fingerprint density at radius 2 is 0.964 bits per heavy atom. The van der Waals surface area contributed by atoms with Gasteiger partial charge in [-0.05, 0) is 102 Å². The smallest absolute Gasteiger partial charge is 0.408 e. The summed E-state index contributed by atoms with van der Waals surface area (Å²) >= 11 is 9.27. The molecule has 0 aliphatic rings. The van der Waals surface area contributed by atoms with Gasteiger partial charge >= 0.3 is 12.2 Å². The van der Waals surface area contributed by atoms with E-state index in [1.54, 1.807) is 20.8 Å². The Bertz CT molecular complexity index is 1500. The van der Waals surface area contributed by atoms with Crippen molar-refractivity contribution in [3.05, 3.63) is 108 Å². The molecule has 0 saturated carbocycles. The van der Waals surface area contributed by atoms with Crippen LogP contribution in [0.25, 0.3) is 0 Å². The molecule has 9 N–H and O–H groups in total. The van der Waals surface area contributed by atoms with Gasteiger partial charge in [0.05, 0.1) is 18.7 Å². The number of amides is 2. The largest absolute Gasteiger partial charge is 0.470 e. The summed E-state index contributed by atoms with van der Waals surface area (Å²) in [6.07, 6.45) is 0.954. The van der Waals surface area contributed by atoms with E-state index in [0.717, 1.165) is 17.5 Å². The number of ether oxygens (including phenoxy) is 4. The molecular weight excluding hydrogens is 762 g/mol. The molecule has 308 valence electrons. The van der Waals surface area contributed by atoms with Crippen LogP contribution >= 0.6 is 36.8 Å². The van der Waals surface area contributed by atoms with Crippen LogP contribution in [0.5, 0.6) is 0 Å². The van der Waals surface area contributed by atoms with Gasteiger partial charge in [0.1, 0.15) is 24.4 Å². The Balaban J connectivity index is 0. The number of hydrogen-bond donors (Lipinski definition) is 6. The lowest BCUT2D eigenvalue weighted by atomic mass is 10.1. The number of carbonyl (C=O) groups excluding carboxylic acids is 2. The molecule has 3 rings (SSSR count). The van der Waals surface area contributed by atoms with Crippen molar-refractivity contribution in [1.29, 1.82) is 0 Å². The molecule has 12 nitrogen and oxygen atoms in total. The first-order chi connectivity index (χ1) is 24.8. The molecular formula is C40H62ClN5O7S2. The topological polar surface area (TPSA) is 193 Å². The van der Waals surface area contributed by atoms with Crippen LogP contribution in [0.3, 0.4) is 0 Å². The molecule has 3 aromatic rings. The Hall–Kier alpha value is -4.21. The predicted molar refractivity (Wildman–Crippen MR) is 231 cm³/mol. The minimum atomic E-state index is -0.550. The van der Waals surface area contributed by atoms with Crippen molar-refractivity contribution in [1.82, 2.24) is 10.6 Å². The third kappa shape index (κ3) is 29.8. The van der Waals surface area contributed by atoms with Crippen molar-refractivity contribution in [2.45, 2.75) is 97.6 Å². The van der Waals surface area contributed by atoms with Crippen molar-refractivity contribution in [3.8, 4) is 0 Å². The average molecular weight is 825 g/mol. The maximum Gasteiger partial charge on any atom is 0.408 e. The molecule has 0 fully saturated rings. The zero-order valence-electron chi connectivity index (χ0n) is 32.0. The number of halogens is 1. The van der Waals surface area contributed by atoms with Gasteiger partial charge in [-0.25, -0.2) is 9.59 Å². The Morgan fingerprint density at radius 1 is 0.636 bits per heavy atom. The molecule has 3 atom stereocenters. The molecule has 0 heterocycles. The van der Waals surface area contributed by atoms with E-state index in [4.69, 9.17) is 48.4 Å². The number of nitrogens with one attached hydrogen (secondary N) is 2. The van der Waals surface area contributed by atoms with Gasteiger partial charge in [0.2, 0.25) is 0 Å². The second-order valence-electron chi connectivity index (χ2n) is 14.0. The molecule has 0 unspecified atom stereocenters. The van der Waals surface area contributed by atoms with E-state index in [0.29, 0.717) is 19.4 Å². The van der Waals surface area contributed by atoms with E-state index >= 15 is 0 Å². The Morgan fingerprint density at radius 3 is 1.31 bits per heavy atom. The first-order valence-electron chi connectivity index (χ1n) is 17.2. The number of aliphatic hydroxyl groups excluding tert-OH is 1. The van der Waals surface area contributed by atoms with E-state index in [9.17, 15) is 14.7 Å². The number of alkyl carbamates (subject to hydrolysis) is 2. The third-order valence-corrected chi connectivity index (χ3v) is 6.75. The van der Waals surface area contributed by atoms with E-state index in [1.165, 1.54) is 5.56 Å². The summed E-state index contributed by atoms with van der Waals surface area (Å²) in [4.78, 5) is 23.4. The number of aliphatic hydroxyl groups is 1. The number of hydrogen-bond acceptors (Lipinski definition) is 10. The quantitative estimate of drug-likeness (QED) is 0.105. The summed E-state index contributed by atoms with van der Waals surface area (Å²) in [5.41, 5.74) is 18.6. The second-order valence-corrected chi connectivity index (χ2v) is 14.8. The van der Waals surface area contributed by atoms with E-state index in [2.05, 4.69) is 22.9 Å². The third-order valence-electron chi connectivity index (χ3n) is 6.52. The normalized spacial score (nSPS) is 12.0. The molecule has 0 aliphatic heterocycles. The van der Waals surface area contributed by atoms with Crippen LogP contribution in [0.15, 0.2) is 91.0 Å². The molecule has 0 spiro atoms. The fourth-order valence-corrected chi connectivity index (χ4v) is 4.54. The SMILES string of the molecule is C.CC(C)(C)OC(=O)N[C@@H](CO)Cc1ccccc1.CC(C)(C)OC(=O)N[C@@H](COC(N)=S)Cc1ccccc1.Cl.NC(=S)OC[C@H](N)Cc1ccccc1. The highest BCUT2D eigenvalue weighted by atomic mass is 35.5. The van der Waals surface area contributed by atoms with Crippen LogP contribution in [-0.2, 0) is 38.2 Å². The summed E-state index contributed by atoms with van der Waals surface area (Å²) in [6.45, 7) is 11.3. The van der Waals surface area contributed by atoms with Gasteiger partial charge in [0.25, 0.3) is 10.3 Å². The van der Waals surface area contributed by atoms with Crippen LogP contribution < -0.4 is 27.8 Å². The summed E-state index contributed by atoms with van der Waals surface area (Å²) < 4.78 is 20.5. The predicted octanol–water partition coefficient (Wildman–Crippen LogP) is 6.37. The molecule has 15 heteroatoms. The maximum atomic E-state index is 11.9. The Labute approximate surface area is 344 Å². The number of thiocarbonyl (C=S) groups is 2. The Kier molecular flexibility index (Phi) is 27.2. The molecule has 2 amide bonds. The first-order valence-corrected chi connectivity index (χ1v) is 18.0. The summed E-state index contributed by atoms with van der Waals surface area (Å²) in [6, 6.07) is 28.8. The van der Waals surface area contributed by atoms with Crippen molar-refractivity contribution in [2.75, 3.05) is 19.8 Å². The standard InChI is InChI=1S/C15H22N2O3S.C14H21NO3.C10H14N2OS.CH4.ClH/c1-15(2,3)20-14(18)17-12(10-19-13(16)21)9-11-7-5-4-6-8-11;1-14(2,3)18-13(17)15-12(10-16)9-11-7-5-4-6-8-11;11-9(7-13-10(12)14)6-8-4-2-1-3-5-8;;/h4-8,12H,9-10H2,1-3H3,(H2,16,21)(H,17,18);4-8,12,16H,9-10H2,1-3H3,(H,15,17);1-5,9H,6-7,11H2,(H2,12,14);1H4;1H/t2*12-;9-;;/m111../s1. The summed E-state index contributed by atoms with van der Waals surface area (Å²) in [5, 5.41) is 14.7. The maximum absolute atomic E-state index is 11.9. The molecule has 55 heavy (non-hydrogen) atoms. The lowest BCUT2D eigenvalue weighted by Crippen LogP contribution is -2.43. The highest BCUT2D eigenvalue weighted by molar-refractivity contribution is 7.80. The van der Waals surface area contributed by atoms with Gasteiger partial charge in [0.15, 0.2) is 0 Å². The van der Waals surface area contributed by atoms with Gasteiger partial charge in [-0.2, -0.15) is 0 Å². The minimum Gasteiger partial charge on any atom is -0.470 e. The monoisotopic (exact) mass is 823 g/mol. The van der Waals surface area contributed by atoms with Crippen molar-refractivity contribution < 1.29 is 33.6 Å². The van der Waals surface area contributed by atoms with Gasteiger partial charge in [0, 0.05) is 6.04 Å². The van der Waals surface area contributed by atoms with Gasteiger partial charge < -0.3 is 51.9 Å². The average Bonchev–Trinajstić information content (AvgIpc) is 3.06. The van der Waals surface area contributed by atoms with E-state index < -0.39 is 23.4 Å². The zero-order valence-corrected chi connectivity index (χ0v) is 34.4. The highest BCUT2D eigenvalue weighted by Gasteiger charge is 2.21. The second kappa shape index (κ2) is 28.2. The fraction of sp³-hybridized carbons (Fsp3) is 0.450. The fourth-order valence-electron chi connectivity index (χ4n) is 4.41. The molecule has 0 bridgehead atoms. The van der Waals surface area contributed by atoms with Crippen molar-refractivity contribution >= 4 is 59.4 Å². The lowest BCUT2D eigenvalue weighted by Gasteiger charge is -2.23. The minimum absolute atomic E-state index is 0. The molecule has 3 aromatic carbocycles. The van der Waals surface area contributed by atoms with E-state index in [-0.39, 0.29) is 61.5 Å². The summed E-state index contributed by atoms with van der Waals surface area (Å²) in [5.74, 6) is 0. The number of benzene rings is 3. The number of carbonyl (C=O) groups is 2. The first kappa shape index (κ1) is 52.9. The van der Waals surface area contributed by atoms with Crippen molar-refractivity contribution in [2.24, 2.45) is 17.2 Å². The highest BCUT2D eigenvalue weighted by Crippen LogP contribution is 2.10. The lowest BCUT2D eigenvalue weighted by molar-refractivity contribution is 0.0473. The molecule has 0 radical (unpaired) electrons. The van der Waals surface area contributed by atoms with Gasteiger partial charge in [-0.3, -0.25) is 0 Å². The van der Waals surface area contributed by atoms with Gasteiger partial charge in [-0.15, -0.1) is 12.4 Å². The van der Waals surface area contributed by atoms with Gasteiger partial charge in [-0.1, -0.05) is 98.4 Å². The number of nitrogens with two attached hydrogens (primary N) is 3.